The molecule has 0 aliphatic heterocycles. The number of nitrogens with zero attached hydrogens (tertiary/aromatic N) is 2. The largest absolute Gasteiger partial charge is 0.456 e. The predicted octanol–water partition coefficient (Wildman–Crippen LogP) is 13.1. The molecule has 11 rings (SSSR count). The van der Waals surface area contributed by atoms with E-state index in [-0.39, 0.29) is 0 Å². The van der Waals surface area contributed by atoms with E-state index in [0.29, 0.717) is 0 Å². The highest BCUT2D eigenvalue weighted by molar-refractivity contribution is 6.19. The van der Waals surface area contributed by atoms with Crippen LogP contribution in [0.15, 0.2) is 186 Å². The van der Waals surface area contributed by atoms with Crippen LogP contribution < -0.4 is 0 Å². The van der Waals surface area contributed by atoms with E-state index in [9.17, 15) is 0 Å². The van der Waals surface area contributed by atoms with Crippen LogP contribution >= 0.6 is 0 Å². The first-order chi connectivity index (χ1) is 25.3. The minimum Gasteiger partial charge on any atom is -0.456 e. The summed E-state index contributed by atoms with van der Waals surface area (Å²) in [4.78, 5) is 0. The molecule has 0 bridgehead atoms. The Kier molecular flexibility index (Phi) is 5.96. The molecule has 3 heteroatoms. The Morgan fingerprint density at radius 3 is 1.76 bits per heavy atom. The first-order valence-corrected chi connectivity index (χ1v) is 17.4. The summed E-state index contributed by atoms with van der Waals surface area (Å²) in [5.74, 6) is 0. The van der Waals surface area contributed by atoms with Gasteiger partial charge in [0.1, 0.15) is 11.2 Å². The minimum absolute atomic E-state index is 0.899. The zero-order chi connectivity index (χ0) is 33.5. The SMILES string of the molecule is c1ccc(-c2cc3c(cc2-c2cccc4c2c2ccccc2n4-c2ccccc2)c2ccccc2n3-c2ccc3oc4ccccc4c3c2)cc1. The zero-order valence-corrected chi connectivity index (χ0v) is 27.6. The van der Waals surface area contributed by atoms with Crippen molar-refractivity contribution in [1.82, 2.24) is 9.13 Å². The monoisotopic (exact) mass is 650 g/mol. The molecule has 0 fully saturated rings. The molecule has 0 aliphatic carbocycles. The fraction of sp³-hybridized carbons (Fsp3) is 0. The van der Waals surface area contributed by atoms with Gasteiger partial charge in [-0.1, -0.05) is 115 Å². The van der Waals surface area contributed by atoms with Crippen molar-refractivity contribution >= 4 is 65.6 Å². The Balaban J connectivity index is 1.25. The fourth-order valence-electron chi connectivity index (χ4n) is 8.32. The highest BCUT2D eigenvalue weighted by atomic mass is 16.3. The maximum Gasteiger partial charge on any atom is 0.135 e. The molecule has 51 heavy (non-hydrogen) atoms. The molecule has 0 aliphatic rings. The summed E-state index contributed by atoms with van der Waals surface area (Å²) in [6.45, 7) is 0. The number of benzene rings is 8. The van der Waals surface area contributed by atoms with Crippen molar-refractivity contribution in [3.8, 4) is 33.6 Å². The summed E-state index contributed by atoms with van der Waals surface area (Å²) < 4.78 is 11.0. The number of fused-ring (bicyclic) bond motifs is 9. The van der Waals surface area contributed by atoms with Gasteiger partial charge in [-0.05, 0) is 89.0 Å². The lowest BCUT2D eigenvalue weighted by Gasteiger charge is -2.15. The molecule has 0 unspecified atom stereocenters. The molecule has 0 saturated heterocycles. The highest BCUT2D eigenvalue weighted by Gasteiger charge is 2.21. The molecule has 3 nitrogen and oxygen atoms in total. The second-order valence-corrected chi connectivity index (χ2v) is 13.3. The Labute approximate surface area is 293 Å². The maximum absolute atomic E-state index is 6.23. The van der Waals surface area contributed by atoms with E-state index in [4.69, 9.17) is 4.42 Å². The number of hydrogen-bond donors (Lipinski definition) is 0. The first kappa shape index (κ1) is 28.0. The van der Waals surface area contributed by atoms with Crippen molar-refractivity contribution in [1.29, 1.82) is 0 Å². The van der Waals surface area contributed by atoms with E-state index in [1.165, 1.54) is 65.9 Å². The van der Waals surface area contributed by atoms with Crippen molar-refractivity contribution in [2.45, 2.75) is 0 Å². The van der Waals surface area contributed by atoms with Crippen LogP contribution in [0.5, 0.6) is 0 Å². The molecule has 0 atom stereocenters. The van der Waals surface area contributed by atoms with E-state index in [1.807, 2.05) is 12.1 Å². The number of para-hydroxylation sites is 4. The van der Waals surface area contributed by atoms with Crippen LogP contribution in [0.1, 0.15) is 0 Å². The molecule has 0 saturated carbocycles. The van der Waals surface area contributed by atoms with Crippen LogP contribution in [0.25, 0.3) is 99.2 Å². The van der Waals surface area contributed by atoms with Gasteiger partial charge in [0.15, 0.2) is 0 Å². The van der Waals surface area contributed by atoms with E-state index in [0.717, 1.165) is 33.3 Å². The number of furan rings is 1. The summed E-state index contributed by atoms with van der Waals surface area (Å²) in [7, 11) is 0. The van der Waals surface area contributed by atoms with E-state index < -0.39 is 0 Å². The van der Waals surface area contributed by atoms with Crippen molar-refractivity contribution in [2.24, 2.45) is 0 Å². The van der Waals surface area contributed by atoms with E-state index in [2.05, 4.69) is 179 Å². The van der Waals surface area contributed by atoms with Crippen LogP contribution in [0, 0.1) is 0 Å². The minimum atomic E-state index is 0.899. The second kappa shape index (κ2) is 10.8. The molecule has 3 aromatic heterocycles. The van der Waals surface area contributed by atoms with Gasteiger partial charge in [0.2, 0.25) is 0 Å². The van der Waals surface area contributed by atoms with Crippen molar-refractivity contribution < 1.29 is 4.42 Å². The Bertz CT molecular complexity index is 3130. The zero-order valence-electron chi connectivity index (χ0n) is 27.6. The fourth-order valence-corrected chi connectivity index (χ4v) is 8.32. The number of hydrogen-bond acceptors (Lipinski definition) is 1. The third-order valence-corrected chi connectivity index (χ3v) is 10.5. The van der Waals surface area contributed by atoms with Gasteiger partial charge in [-0.25, -0.2) is 0 Å². The van der Waals surface area contributed by atoms with Crippen LogP contribution in [-0.2, 0) is 0 Å². The quantitative estimate of drug-likeness (QED) is 0.186. The Morgan fingerprint density at radius 1 is 0.314 bits per heavy atom. The van der Waals surface area contributed by atoms with Gasteiger partial charge in [0.25, 0.3) is 0 Å². The van der Waals surface area contributed by atoms with Gasteiger partial charge in [0, 0.05) is 43.7 Å². The number of rotatable bonds is 4. The van der Waals surface area contributed by atoms with Crippen molar-refractivity contribution in [2.75, 3.05) is 0 Å². The summed E-state index contributed by atoms with van der Waals surface area (Å²) in [6, 6.07) is 65.6. The lowest BCUT2D eigenvalue weighted by Crippen LogP contribution is -1.95. The van der Waals surface area contributed by atoms with Gasteiger partial charge in [-0.15, -0.1) is 0 Å². The molecule has 11 aromatic rings. The lowest BCUT2D eigenvalue weighted by molar-refractivity contribution is 0.669. The summed E-state index contributed by atoms with van der Waals surface area (Å²) in [5, 5.41) is 7.20. The molecule has 0 radical (unpaired) electrons. The summed E-state index contributed by atoms with van der Waals surface area (Å²) in [6.07, 6.45) is 0. The second-order valence-electron chi connectivity index (χ2n) is 13.3. The molecule has 3 heterocycles. The van der Waals surface area contributed by atoms with Crippen molar-refractivity contribution in [3.05, 3.63) is 182 Å². The van der Waals surface area contributed by atoms with Crippen LogP contribution in [0.2, 0.25) is 0 Å². The predicted molar refractivity (Wildman–Crippen MR) is 213 cm³/mol. The molecule has 0 amide bonds. The molecule has 0 N–H and O–H groups in total. The van der Waals surface area contributed by atoms with Gasteiger partial charge in [-0.3, -0.25) is 0 Å². The maximum atomic E-state index is 6.23. The third-order valence-electron chi connectivity index (χ3n) is 10.5. The standard InChI is InChI=1S/C48H30N2O/c1-3-14-31(15-4-1)38-30-45-40(34-18-7-10-22-42(34)50(45)33-26-27-47-41(28-33)35-19-9-12-25-46(35)51-47)29-39(38)36-21-13-24-44-48(36)37-20-8-11-23-43(37)49(44)32-16-5-2-6-17-32/h1-30H. The van der Waals surface area contributed by atoms with Crippen molar-refractivity contribution in [3.63, 3.8) is 0 Å². The van der Waals surface area contributed by atoms with E-state index in [1.54, 1.807) is 0 Å². The number of aromatic nitrogens is 2. The average Bonchev–Trinajstić information content (AvgIpc) is 3.85. The Hall–Kier alpha value is -6.84. The van der Waals surface area contributed by atoms with Crippen LogP contribution in [0.4, 0.5) is 0 Å². The topological polar surface area (TPSA) is 23.0 Å². The van der Waals surface area contributed by atoms with Gasteiger partial charge < -0.3 is 13.6 Å². The molecule has 8 aromatic carbocycles. The van der Waals surface area contributed by atoms with E-state index >= 15 is 0 Å². The molecule has 238 valence electrons. The molecule has 0 spiro atoms. The average molecular weight is 651 g/mol. The Morgan fingerprint density at radius 2 is 0.941 bits per heavy atom. The highest BCUT2D eigenvalue weighted by Crippen LogP contribution is 2.45. The van der Waals surface area contributed by atoms with Crippen LogP contribution in [0.3, 0.4) is 0 Å². The van der Waals surface area contributed by atoms with Crippen LogP contribution in [-0.4, -0.2) is 9.13 Å². The molecular formula is C48H30N2O. The van der Waals surface area contributed by atoms with Gasteiger partial charge >= 0.3 is 0 Å². The third kappa shape index (κ3) is 4.12. The summed E-state index contributed by atoms with van der Waals surface area (Å²) >= 11 is 0. The smallest absolute Gasteiger partial charge is 0.135 e. The summed E-state index contributed by atoms with van der Waals surface area (Å²) in [5.41, 5.74) is 13.6. The lowest BCUT2D eigenvalue weighted by atomic mass is 9.90. The van der Waals surface area contributed by atoms with Gasteiger partial charge in [-0.2, -0.15) is 0 Å². The normalized spacial score (nSPS) is 11.9. The first-order valence-electron chi connectivity index (χ1n) is 17.4. The van der Waals surface area contributed by atoms with Gasteiger partial charge in [0.05, 0.1) is 22.1 Å². The molecular weight excluding hydrogens is 621 g/mol.